The maximum absolute atomic E-state index is 13.8. The zero-order valence-electron chi connectivity index (χ0n) is 24.3. The van der Waals surface area contributed by atoms with E-state index in [0.29, 0.717) is 19.6 Å². The smallest absolute Gasteiger partial charge is 0.294 e. The maximum Gasteiger partial charge on any atom is 0.417 e. The van der Waals surface area contributed by atoms with Gasteiger partial charge in [0.15, 0.2) is 5.78 Å². The Morgan fingerprint density at radius 3 is 2.35 bits per heavy atom. The number of nitrogens with zero attached hydrogens (tertiary/aromatic N) is 3. The molecule has 5 nitrogen and oxygen atoms in total. The first-order valence-corrected chi connectivity index (χ1v) is 15.2. The molecule has 0 aliphatic rings. The summed E-state index contributed by atoms with van der Waals surface area (Å²) in [7, 11) is 1.82. The highest BCUT2D eigenvalue weighted by atomic mass is 32.1. The molecule has 0 N–H and O–H groups in total. The molecule has 5 aromatic rings. The molecule has 0 aliphatic heterocycles. The van der Waals surface area contributed by atoms with Crippen molar-refractivity contribution in [1.29, 1.82) is 0 Å². The summed E-state index contributed by atoms with van der Waals surface area (Å²) >= 11 is 2.07. The Hall–Kier alpha value is -4.02. The van der Waals surface area contributed by atoms with E-state index in [1.807, 2.05) is 50.5 Å². The van der Waals surface area contributed by atoms with Crippen molar-refractivity contribution in [3.05, 3.63) is 119 Å². The van der Waals surface area contributed by atoms with E-state index in [2.05, 4.69) is 25.9 Å². The van der Waals surface area contributed by atoms with Crippen LogP contribution in [0.4, 0.5) is 13.2 Å². The number of carbonyl (C=O) groups excluding carboxylic acids is 1. The molecule has 0 aliphatic carbocycles. The lowest BCUT2D eigenvalue weighted by atomic mass is 9.86. The number of benzene rings is 2. The molecule has 0 saturated carbocycles. The Labute approximate surface area is 254 Å². The van der Waals surface area contributed by atoms with Crippen molar-refractivity contribution in [2.24, 2.45) is 7.05 Å². The number of hydrogen-bond donors (Lipinski definition) is 0. The van der Waals surface area contributed by atoms with Gasteiger partial charge in [-0.25, -0.2) is 0 Å². The third kappa shape index (κ3) is 6.81. The van der Waals surface area contributed by atoms with Gasteiger partial charge in [-0.1, -0.05) is 68.8 Å². The molecule has 3 heterocycles. The molecule has 0 radical (unpaired) electrons. The van der Waals surface area contributed by atoms with Gasteiger partial charge in [-0.2, -0.15) is 18.3 Å². The molecule has 0 bridgehead atoms. The van der Waals surface area contributed by atoms with Gasteiger partial charge in [-0.05, 0) is 41.2 Å². The van der Waals surface area contributed by atoms with Crippen LogP contribution in [0.5, 0.6) is 0 Å². The minimum atomic E-state index is -4.48. The molecule has 0 spiro atoms. The van der Waals surface area contributed by atoms with E-state index in [9.17, 15) is 22.8 Å². The quantitative estimate of drug-likeness (QED) is 0.203. The van der Waals surface area contributed by atoms with Gasteiger partial charge < -0.3 is 0 Å². The number of aryl methyl sites for hydroxylation is 2. The largest absolute Gasteiger partial charge is 0.417 e. The van der Waals surface area contributed by atoms with Gasteiger partial charge in [0.1, 0.15) is 4.66 Å². The summed E-state index contributed by atoms with van der Waals surface area (Å²) in [4.78, 5) is 27.5. The number of hydrogen-bond acceptors (Lipinski definition) is 5. The molecular formula is C33H30F3N3O2S2. The fraction of sp³-hybridized carbons (Fsp3) is 0.242. The molecule has 3 aromatic heterocycles. The van der Waals surface area contributed by atoms with Crippen molar-refractivity contribution < 1.29 is 18.0 Å². The first-order valence-electron chi connectivity index (χ1n) is 13.5. The standard InChI is InChI=1S/C33H30F3N3O2S2/c1-20-6-7-22(27(12-20)23-16-37-38(5)17-23)13-29-31(41)39(18-26-14-25(19-42-26)33(34,35)36)30(43-29)15-28(40)21-8-10-24(11-9-21)32(2,3)4/h6-17,19H,18H2,1-5H3/b29-13-,30-15-. The third-order valence-electron chi connectivity index (χ3n) is 7.03. The highest BCUT2D eigenvalue weighted by molar-refractivity contribution is 7.10. The first-order chi connectivity index (χ1) is 20.2. The molecule has 0 fully saturated rings. The lowest BCUT2D eigenvalue weighted by Gasteiger charge is -2.18. The minimum Gasteiger partial charge on any atom is -0.294 e. The van der Waals surface area contributed by atoms with E-state index >= 15 is 0 Å². The second-order valence-corrected chi connectivity index (χ2v) is 13.5. The normalized spacial score (nSPS) is 13.2. The summed E-state index contributed by atoms with van der Waals surface area (Å²) in [6.07, 6.45) is 2.31. The molecular weight excluding hydrogens is 592 g/mol. The van der Waals surface area contributed by atoms with Crippen LogP contribution in [0.15, 0.2) is 71.1 Å². The van der Waals surface area contributed by atoms with Crippen LogP contribution < -0.4 is 14.8 Å². The molecule has 10 heteroatoms. The first kappa shape index (κ1) is 30.4. The van der Waals surface area contributed by atoms with E-state index in [-0.39, 0.29) is 23.3 Å². The number of halogens is 3. The highest BCUT2D eigenvalue weighted by Crippen LogP contribution is 2.32. The van der Waals surface area contributed by atoms with Crippen LogP contribution >= 0.6 is 22.7 Å². The Morgan fingerprint density at radius 2 is 1.74 bits per heavy atom. The van der Waals surface area contributed by atoms with Crippen LogP contribution in [0.3, 0.4) is 0 Å². The van der Waals surface area contributed by atoms with E-state index in [1.54, 1.807) is 29.1 Å². The van der Waals surface area contributed by atoms with Crippen molar-refractivity contribution in [3.8, 4) is 11.1 Å². The van der Waals surface area contributed by atoms with Gasteiger partial charge in [-0.15, -0.1) is 22.7 Å². The molecule has 0 unspecified atom stereocenters. The number of thiophene rings is 1. The molecule has 2 aromatic carbocycles. The predicted octanol–water partition coefficient (Wildman–Crippen LogP) is 6.54. The van der Waals surface area contributed by atoms with Crippen molar-refractivity contribution in [1.82, 2.24) is 14.3 Å². The zero-order valence-corrected chi connectivity index (χ0v) is 26.0. The number of alkyl halides is 3. The van der Waals surface area contributed by atoms with Crippen molar-refractivity contribution in [3.63, 3.8) is 0 Å². The van der Waals surface area contributed by atoms with Crippen LogP contribution in [0.25, 0.3) is 23.3 Å². The molecule has 43 heavy (non-hydrogen) atoms. The number of aromatic nitrogens is 3. The van der Waals surface area contributed by atoms with Crippen LogP contribution in [0.1, 0.15) is 58.3 Å². The predicted molar refractivity (Wildman–Crippen MR) is 167 cm³/mol. The van der Waals surface area contributed by atoms with Crippen molar-refractivity contribution >= 4 is 40.6 Å². The number of carbonyl (C=O) groups is 1. The van der Waals surface area contributed by atoms with Gasteiger partial charge in [0, 0.05) is 40.7 Å². The van der Waals surface area contributed by atoms with Crippen LogP contribution in [0.2, 0.25) is 0 Å². The molecule has 0 amide bonds. The number of thiazole rings is 1. The minimum absolute atomic E-state index is 0.0785. The lowest BCUT2D eigenvalue weighted by Crippen LogP contribution is -2.32. The Morgan fingerprint density at radius 1 is 1.02 bits per heavy atom. The second-order valence-electron chi connectivity index (χ2n) is 11.5. The summed E-state index contributed by atoms with van der Waals surface area (Å²) in [5.41, 5.74) is 3.91. The Balaban J connectivity index is 1.64. The molecule has 0 atom stereocenters. The van der Waals surface area contributed by atoms with E-state index in [4.69, 9.17) is 0 Å². The number of ketones is 1. The average molecular weight is 622 g/mol. The summed E-state index contributed by atoms with van der Waals surface area (Å²) in [6, 6.07) is 14.2. The van der Waals surface area contributed by atoms with Crippen LogP contribution in [-0.2, 0) is 25.2 Å². The summed E-state index contributed by atoms with van der Waals surface area (Å²) in [6.45, 7) is 8.14. The number of rotatable bonds is 6. The van der Waals surface area contributed by atoms with Crippen molar-refractivity contribution in [2.75, 3.05) is 0 Å². The van der Waals surface area contributed by atoms with E-state index in [1.165, 1.54) is 10.6 Å². The Kier molecular flexibility index (Phi) is 8.20. The lowest BCUT2D eigenvalue weighted by molar-refractivity contribution is -0.137. The Bertz CT molecular complexity index is 1990. The van der Waals surface area contributed by atoms with Gasteiger partial charge in [0.25, 0.3) is 5.56 Å². The van der Waals surface area contributed by atoms with Gasteiger partial charge in [0.05, 0.1) is 22.8 Å². The third-order valence-corrected chi connectivity index (χ3v) is 9.01. The van der Waals surface area contributed by atoms with E-state index in [0.717, 1.165) is 61.9 Å². The highest BCUT2D eigenvalue weighted by Gasteiger charge is 2.31. The monoisotopic (exact) mass is 621 g/mol. The molecule has 5 rings (SSSR count). The van der Waals surface area contributed by atoms with Gasteiger partial charge in [0.2, 0.25) is 0 Å². The molecule has 0 saturated heterocycles. The van der Waals surface area contributed by atoms with Gasteiger partial charge in [-0.3, -0.25) is 18.8 Å². The van der Waals surface area contributed by atoms with Crippen molar-refractivity contribution in [2.45, 2.75) is 45.8 Å². The van der Waals surface area contributed by atoms with Crippen LogP contribution in [-0.4, -0.2) is 20.1 Å². The summed E-state index contributed by atoms with van der Waals surface area (Å²) in [5, 5.41) is 5.31. The summed E-state index contributed by atoms with van der Waals surface area (Å²) in [5.74, 6) is -0.296. The average Bonchev–Trinajstić information content (AvgIpc) is 3.66. The van der Waals surface area contributed by atoms with Gasteiger partial charge >= 0.3 is 6.18 Å². The van der Waals surface area contributed by atoms with Crippen LogP contribution in [0, 0.1) is 6.92 Å². The van der Waals surface area contributed by atoms with E-state index < -0.39 is 11.7 Å². The fourth-order valence-electron chi connectivity index (χ4n) is 4.64. The fourth-order valence-corrected chi connectivity index (χ4v) is 6.55. The SMILES string of the molecule is Cc1ccc(/C=c2\s/c(=C\C(=O)c3ccc(C(C)(C)C)cc3)n(Cc3cc(C(F)(F)F)cs3)c2=O)c(-c2cnn(C)c2)c1. The zero-order chi connectivity index (χ0) is 31.1. The number of Topliss-reactive ketones (excluding diaryl/α,β-unsaturated/α-hetero) is 1. The maximum atomic E-state index is 13.8. The molecule has 222 valence electrons. The topological polar surface area (TPSA) is 56.9 Å². The second kappa shape index (κ2) is 11.6. The summed E-state index contributed by atoms with van der Waals surface area (Å²) < 4.78 is 43.7.